The molecule has 1 atom stereocenters. The minimum absolute atomic E-state index is 0. The molecule has 1 unspecified atom stereocenters. The molecule has 1 aromatic carbocycles. The molecule has 0 radical (unpaired) electrons. The first-order valence-corrected chi connectivity index (χ1v) is 8.63. The van der Waals surface area contributed by atoms with Crippen LogP contribution < -0.4 is 10.1 Å². The lowest BCUT2D eigenvalue weighted by atomic mass is 9.82. The van der Waals surface area contributed by atoms with E-state index in [1.165, 1.54) is 0 Å². The van der Waals surface area contributed by atoms with Crippen molar-refractivity contribution in [3.8, 4) is 5.75 Å². The first-order valence-electron chi connectivity index (χ1n) is 8.25. The quantitative estimate of drug-likeness (QED) is 0.797. The summed E-state index contributed by atoms with van der Waals surface area (Å²) in [6.45, 7) is 4.84. The molecular formula is C17H24Cl2N4O2. The maximum absolute atomic E-state index is 9.32. The van der Waals surface area contributed by atoms with Crippen molar-refractivity contribution in [3.63, 3.8) is 0 Å². The Morgan fingerprint density at radius 2 is 2.28 bits per heavy atom. The highest BCUT2D eigenvalue weighted by Gasteiger charge is 2.34. The van der Waals surface area contributed by atoms with Crippen LogP contribution in [0.4, 0.5) is 0 Å². The fourth-order valence-electron chi connectivity index (χ4n) is 3.10. The summed E-state index contributed by atoms with van der Waals surface area (Å²) in [6.07, 6.45) is 2.16. The molecule has 1 aromatic heterocycles. The zero-order valence-electron chi connectivity index (χ0n) is 14.2. The van der Waals surface area contributed by atoms with Crippen molar-refractivity contribution in [2.45, 2.75) is 38.3 Å². The SMILES string of the molecule is CC1(c2nc(COc3cccc(Cl)c3)nn2CCO)CCCNC1.Cl. The number of halogens is 2. The topological polar surface area (TPSA) is 72.2 Å². The number of nitrogens with one attached hydrogen (secondary N) is 1. The zero-order chi connectivity index (χ0) is 17.0. The highest BCUT2D eigenvalue weighted by Crippen LogP contribution is 2.29. The van der Waals surface area contributed by atoms with Gasteiger partial charge in [0.15, 0.2) is 5.82 Å². The molecular weight excluding hydrogens is 363 g/mol. The summed E-state index contributed by atoms with van der Waals surface area (Å²) >= 11 is 5.97. The monoisotopic (exact) mass is 386 g/mol. The predicted molar refractivity (Wildman–Crippen MR) is 99.6 cm³/mol. The van der Waals surface area contributed by atoms with Gasteiger partial charge in [0.1, 0.15) is 18.2 Å². The van der Waals surface area contributed by atoms with Gasteiger partial charge in [0.25, 0.3) is 0 Å². The van der Waals surface area contributed by atoms with Crippen molar-refractivity contribution in [1.29, 1.82) is 0 Å². The van der Waals surface area contributed by atoms with Crippen molar-refractivity contribution < 1.29 is 9.84 Å². The molecule has 0 amide bonds. The Hall–Kier alpha value is -1.34. The highest BCUT2D eigenvalue weighted by molar-refractivity contribution is 6.30. The van der Waals surface area contributed by atoms with Gasteiger partial charge in [-0.25, -0.2) is 9.67 Å². The lowest BCUT2D eigenvalue weighted by Crippen LogP contribution is -2.43. The molecule has 0 saturated carbocycles. The summed E-state index contributed by atoms with van der Waals surface area (Å²) in [4.78, 5) is 4.70. The van der Waals surface area contributed by atoms with Gasteiger partial charge in [-0.2, -0.15) is 5.10 Å². The van der Waals surface area contributed by atoms with Crippen LogP contribution in [0.5, 0.6) is 5.75 Å². The van der Waals surface area contributed by atoms with E-state index < -0.39 is 0 Å². The van der Waals surface area contributed by atoms with E-state index in [0.29, 0.717) is 23.1 Å². The molecule has 1 aliphatic heterocycles. The van der Waals surface area contributed by atoms with Crippen molar-refractivity contribution in [3.05, 3.63) is 40.9 Å². The molecule has 6 nitrogen and oxygen atoms in total. The third-order valence-electron chi connectivity index (χ3n) is 4.33. The van der Waals surface area contributed by atoms with E-state index in [-0.39, 0.29) is 31.0 Å². The van der Waals surface area contributed by atoms with Crippen LogP contribution in [0.15, 0.2) is 24.3 Å². The van der Waals surface area contributed by atoms with Crippen LogP contribution in [0.25, 0.3) is 0 Å². The first kappa shape index (κ1) is 20.0. The molecule has 2 heterocycles. The Morgan fingerprint density at radius 3 is 2.96 bits per heavy atom. The third-order valence-corrected chi connectivity index (χ3v) is 4.56. The zero-order valence-corrected chi connectivity index (χ0v) is 15.8. The Kier molecular flexibility index (Phi) is 7.07. The minimum Gasteiger partial charge on any atom is -0.485 e. The molecule has 2 N–H and O–H groups in total. The maximum atomic E-state index is 9.32. The summed E-state index contributed by atoms with van der Waals surface area (Å²) in [6, 6.07) is 7.26. The molecule has 1 aliphatic rings. The fraction of sp³-hybridized carbons (Fsp3) is 0.529. The first-order chi connectivity index (χ1) is 11.6. The van der Waals surface area contributed by atoms with E-state index >= 15 is 0 Å². The normalized spacial score (nSPS) is 20.1. The van der Waals surface area contributed by atoms with Crippen LogP contribution in [0.3, 0.4) is 0 Å². The molecule has 1 fully saturated rings. The molecule has 2 aromatic rings. The summed E-state index contributed by atoms with van der Waals surface area (Å²) < 4.78 is 7.55. The number of ether oxygens (including phenoxy) is 1. The van der Waals surface area contributed by atoms with Gasteiger partial charge in [0, 0.05) is 17.0 Å². The van der Waals surface area contributed by atoms with Gasteiger partial charge in [-0.05, 0) is 37.6 Å². The number of nitrogens with zero attached hydrogens (tertiary/aromatic N) is 3. The molecule has 8 heteroatoms. The fourth-order valence-corrected chi connectivity index (χ4v) is 3.28. The molecule has 0 bridgehead atoms. The summed E-state index contributed by atoms with van der Waals surface area (Å²) in [7, 11) is 0. The van der Waals surface area contributed by atoms with Gasteiger partial charge in [-0.1, -0.05) is 24.6 Å². The summed E-state index contributed by atoms with van der Waals surface area (Å²) in [5.74, 6) is 2.21. The number of aliphatic hydroxyl groups excluding tert-OH is 1. The van der Waals surface area contributed by atoms with E-state index in [1.807, 2.05) is 16.8 Å². The molecule has 138 valence electrons. The number of aliphatic hydroxyl groups is 1. The number of piperidine rings is 1. The van der Waals surface area contributed by atoms with Crippen molar-refractivity contribution in [2.75, 3.05) is 19.7 Å². The third kappa shape index (κ3) is 4.85. The predicted octanol–water partition coefficient (Wildman–Crippen LogP) is 2.57. The molecule has 0 aliphatic carbocycles. The Balaban J connectivity index is 0.00000225. The smallest absolute Gasteiger partial charge is 0.188 e. The maximum Gasteiger partial charge on any atom is 0.188 e. The van der Waals surface area contributed by atoms with E-state index in [0.717, 1.165) is 31.8 Å². The van der Waals surface area contributed by atoms with Gasteiger partial charge < -0.3 is 15.2 Å². The van der Waals surface area contributed by atoms with E-state index in [4.69, 9.17) is 21.3 Å². The number of hydrogen-bond donors (Lipinski definition) is 2. The Bertz CT molecular complexity index is 687. The highest BCUT2D eigenvalue weighted by atomic mass is 35.5. The molecule has 0 spiro atoms. The van der Waals surface area contributed by atoms with Gasteiger partial charge >= 0.3 is 0 Å². The molecule has 1 saturated heterocycles. The second-order valence-corrected chi connectivity index (χ2v) is 6.82. The van der Waals surface area contributed by atoms with Crippen LogP contribution >= 0.6 is 24.0 Å². The average Bonchev–Trinajstić information content (AvgIpc) is 2.98. The van der Waals surface area contributed by atoms with E-state index in [9.17, 15) is 5.11 Å². The summed E-state index contributed by atoms with van der Waals surface area (Å²) in [5.41, 5.74) is -0.0747. The van der Waals surface area contributed by atoms with Crippen molar-refractivity contribution >= 4 is 24.0 Å². The van der Waals surface area contributed by atoms with Crippen LogP contribution in [-0.2, 0) is 18.6 Å². The number of benzene rings is 1. The van der Waals surface area contributed by atoms with Crippen LogP contribution in [0.1, 0.15) is 31.4 Å². The number of hydrogen-bond acceptors (Lipinski definition) is 5. The standard InChI is InChI=1S/C17H23ClN4O2.ClH/c1-17(6-3-7-19-12-17)16-20-15(21-22(16)8-9-23)11-24-14-5-2-4-13(18)10-14;/h2,4-5,10,19,23H,3,6-9,11-12H2,1H3;1H. The van der Waals surface area contributed by atoms with Gasteiger partial charge in [-0.15, -0.1) is 12.4 Å². The molecule has 3 rings (SSSR count). The van der Waals surface area contributed by atoms with E-state index in [2.05, 4.69) is 17.3 Å². The summed E-state index contributed by atoms with van der Waals surface area (Å²) in [5, 5.41) is 17.9. The van der Waals surface area contributed by atoms with Gasteiger partial charge in [0.05, 0.1) is 13.2 Å². The molecule has 25 heavy (non-hydrogen) atoms. The van der Waals surface area contributed by atoms with E-state index in [1.54, 1.807) is 12.1 Å². The van der Waals surface area contributed by atoms with Crippen molar-refractivity contribution in [1.82, 2.24) is 20.1 Å². The second kappa shape index (κ2) is 8.85. The number of rotatable bonds is 6. The Morgan fingerprint density at radius 1 is 1.44 bits per heavy atom. The van der Waals surface area contributed by atoms with Crippen LogP contribution in [0, 0.1) is 0 Å². The second-order valence-electron chi connectivity index (χ2n) is 6.39. The largest absolute Gasteiger partial charge is 0.485 e. The van der Waals surface area contributed by atoms with Crippen molar-refractivity contribution in [2.24, 2.45) is 0 Å². The number of aromatic nitrogens is 3. The van der Waals surface area contributed by atoms with Gasteiger partial charge in [0.2, 0.25) is 0 Å². The lowest BCUT2D eigenvalue weighted by Gasteiger charge is -2.33. The lowest BCUT2D eigenvalue weighted by molar-refractivity contribution is 0.251. The average molecular weight is 387 g/mol. The Labute approximate surface area is 159 Å². The van der Waals surface area contributed by atoms with Crippen LogP contribution in [-0.4, -0.2) is 39.6 Å². The minimum atomic E-state index is -0.0747. The van der Waals surface area contributed by atoms with Crippen LogP contribution in [0.2, 0.25) is 5.02 Å². The van der Waals surface area contributed by atoms with Gasteiger partial charge in [-0.3, -0.25) is 0 Å².